The number of aromatic nitrogens is 2. The number of alkyl carbamates (subject to hydrolysis) is 2. The lowest BCUT2D eigenvalue weighted by molar-refractivity contribution is -0.150. The first kappa shape index (κ1) is 73.2. The van der Waals surface area contributed by atoms with Gasteiger partial charge in [0.25, 0.3) is 11.8 Å². The molecule has 2 saturated carbocycles. The molecule has 0 radical (unpaired) electrons. The van der Waals surface area contributed by atoms with Gasteiger partial charge >= 0.3 is 18.2 Å². The Kier molecular flexibility index (Phi) is 26.7. The molecule has 27 heteroatoms. The Hall–Kier alpha value is -6.28. The quantitative estimate of drug-likeness (QED) is 0.0712. The zero-order valence-electron chi connectivity index (χ0n) is 52.7. The molecule has 87 heavy (non-hydrogen) atoms. The van der Waals surface area contributed by atoms with Gasteiger partial charge in [0.1, 0.15) is 53.7 Å². The second-order valence-corrected chi connectivity index (χ2v) is 27.5. The number of amides is 7. The maximum atomic E-state index is 14.1. The Morgan fingerprint density at radius 1 is 0.609 bits per heavy atom. The van der Waals surface area contributed by atoms with Crippen molar-refractivity contribution in [1.82, 2.24) is 46.4 Å². The van der Waals surface area contributed by atoms with Crippen LogP contribution in [0.1, 0.15) is 161 Å². The molecule has 2 aliphatic heterocycles. The Bertz CT molecular complexity index is 2640. The summed E-state index contributed by atoms with van der Waals surface area (Å²) in [6.45, 7) is 25.0. The molecule has 7 amide bonds. The van der Waals surface area contributed by atoms with E-state index in [1.807, 2.05) is 13.8 Å². The minimum Gasteiger partial charge on any atom is -0.480 e. The third kappa shape index (κ3) is 24.7. The zero-order valence-corrected chi connectivity index (χ0v) is 54.3. The normalized spacial score (nSPS) is 20.6. The topological polar surface area (TPSA) is 353 Å². The third-order valence-corrected chi connectivity index (χ3v) is 14.4. The van der Waals surface area contributed by atoms with Gasteiger partial charge in [0.15, 0.2) is 6.10 Å². The number of carboxylic acid groups (broad SMARTS) is 1. The molecule has 10 N–H and O–H groups in total. The Morgan fingerprint density at radius 3 is 1.34 bits per heavy atom. The minimum atomic E-state index is -1.45. The molecule has 4 fully saturated rings. The summed E-state index contributed by atoms with van der Waals surface area (Å²) >= 11 is 11.8. The van der Waals surface area contributed by atoms with E-state index in [2.05, 4.69) is 36.6 Å². The van der Waals surface area contributed by atoms with Crippen LogP contribution in [0.4, 0.5) is 9.59 Å². The molecule has 4 heterocycles. The highest BCUT2D eigenvalue weighted by molar-refractivity contribution is 6.30. The van der Waals surface area contributed by atoms with Crippen LogP contribution in [0, 0.1) is 10.8 Å². The highest BCUT2D eigenvalue weighted by atomic mass is 35.5. The lowest BCUT2D eigenvalue weighted by atomic mass is 9.85. The van der Waals surface area contributed by atoms with E-state index in [0.717, 1.165) is 32.1 Å². The number of carbonyl (C=O) groups excluding carboxylic acids is 7. The van der Waals surface area contributed by atoms with Crippen LogP contribution in [0.2, 0.25) is 10.0 Å². The lowest BCUT2D eigenvalue weighted by Gasteiger charge is -2.36. The molecule has 4 aliphatic rings. The largest absolute Gasteiger partial charge is 0.480 e. The van der Waals surface area contributed by atoms with E-state index in [4.69, 9.17) is 47.9 Å². The van der Waals surface area contributed by atoms with E-state index in [-0.39, 0.29) is 55.7 Å². The standard InChI is InChI=1S/C30H46ClN5O7.C21H30ClN3O6.C9H18N2O2/c1-8-9-20(23(37)26(39)33-18-11-12-18)34-25(38)21-14-19(42-22-13-10-17(31)15-32-22)16-36(21)27(40)24(29(2,3)4)35-28(41)43-30(5,6)7;1-20(2,3)16(24-19(29)31-21(4,5)6)17(26)25-11-13(9-14(25)18(27)28)30-15-8-7-12(22)10-23-15;1-2-3-7(10)8(12)9(13)11-6-4-5-6/h10,13,15,18-21,23-24,37H,8-9,11-12,14,16H2,1-7H3,(H,33,39)(H,34,38)(H,35,41);7-8,10,13-14,16H,9,11H2,1-6H3,(H,24,29)(H,27,28);6-8,12H,2-5,10H2,1H3,(H,11,13)/t19-,20+,21+,23?,24-;13-,14+,16-;7-,8?/m110/s1. The molecule has 0 aromatic carbocycles. The van der Waals surface area contributed by atoms with Crippen molar-refractivity contribution >= 4 is 70.9 Å². The number of likely N-dealkylation sites (tertiary alicyclic amines) is 2. The molecule has 2 aliphatic carbocycles. The molecule has 2 saturated heterocycles. The van der Waals surface area contributed by atoms with Crippen molar-refractivity contribution in [2.75, 3.05) is 13.1 Å². The van der Waals surface area contributed by atoms with E-state index in [0.29, 0.717) is 29.3 Å². The molecule has 2 aromatic heterocycles. The monoisotopic (exact) mass is 1260 g/mol. The summed E-state index contributed by atoms with van der Waals surface area (Å²) in [5, 5.41) is 44.4. The molecule has 6 rings (SSSR count). The number of pyridine rings is 2. The van der Waals surface area contributed by atoms with E-state index in [1.165, 1.54) is 22.2 Å². The zero-order chi connectivity index (χ0) is 65.5. The van der Waals surface area contributed by atoms with Crippen LogP contribution in [0.3, 0.4) is 0 Å². The fraction of sp³-hybridized carbons (Fsp3) is 0.700. The number of ether oxygens (including phenoxy) is 4. The fourth-order valence-electron chi connectivity index (χ4n) is 9.22. The average Bonchev–Trinajstić information content (AvgIpc) is 2.09. The number of nitrogens with zero attached hydrogens (tertiary/aromatic N) is 4. The van der Waals surface area contributed by atoms with Crippen LogP contribution >= 0.6 is 23.2 Å². The first-order chi connectivity index (χ1) is 40.3. The molecule has 488 valence electrons. The van der Waals surface area contributed by atoms with Gasteiger partial charge in [-0.2, -0.15) is 0 Å². The molecule has 25 nitrogen and oxygen atoms in total. The number of halogens is 2. The predicted octanol–water partition coefficient (Wildman–Crippen LogP) is 5.81. The number of nitrogens with one attached hydrogen (secondary N) is 5. The number of aliphatic hydroxyl groups excluding tert-OH is 2. The minimum absolute atomic E-state index is 0.0347. The maximum Gasteiger partial charge on any atom is 0.408 e. The van der Waals surface area contributed by atoms with E-state index in [9.17, 15) is 53.7 Å². The van der Waals surface area contributed by atoms with Crippen LogP contribution in [-0.4, -0.2) is 180 Å². The third-order valence-electron chi connectivity index (χ3n) is 13.9. The van der Waals surface area contributed by atoms with E-state index in [1.54, 1.807) is 107 Å². The maximum absolute atomic E-state index is 14.1. The number of carbonyl (C=O) groups is 8. The second-order valence-electron chi connectivity index (χ2n) is 26.6. The molecular weight excluding hydrogens is 1170 g/mol. The highest BCUT2D eigenvalue weighted by Crippen LogP contribution is 2.31. The van der Waals surface area contributed by atoms with Crippen molar-refractivity contribution in [2.24, 2.45) is 16.6 Å². The van der Waals surface area contributed by atoms with Crippen molar-refractivity contribution in [3.05, 3.63) is 46.7 Å². The Balaban J connectivity index is 0.000000319. The van der Waals surface area contributed by atoms with Gasteiger partial charge in [0.05, 0.1) is 29.2 Å². The number of hydrogen-bond donors (Lipinski definition) is 9. The fourth-order valence-corrected chi connectivity index (χ4v) is 9.44. The Morgan fingerprint density at radius 2 is 1.00 bits per heavy atom. The van der Waals surface area contributed by atoms with Crippen LogP contribution in [-0.2, 0) is 38.2 Å². The van der Waals surface area contributed by atoms with Gasteiger partial charge in [-0.1, -0.05) is 91.4 Å². The highest BCUT2D eigenvalue weighted by Gasteiger charge is 2.49. The van der Waals surface area contributed by atoms with E-state index >= 15 is 0 Å². The first-order valence-electron chi connectivity index (χ1n) is 29.7. The molecule has 2 unspecified atom stereocenters. The van der Waals surface area contributed by atoms with E-state index < -0.39 is 124 Å². The van der Waals surface area contributed by atoms with Crippen LogP contribution in [0.25, 0.3) is 0 Å². The number of hydrogen-bond acceptors (Lipinski definition) is 17. The van der Waals surface area contributed by atoms with Crippen LogP contribution in [0.5, 0.6) is 11.8 Å². The van der Waals surface area contributed by atoms with Gasteiger partial charge in [-0.3, -0.25) is 24.0 Å². The van der Waals surface area contributed by atoms with Gasteiger partial charge < -0.3 is 76.4 Å². The molecule has 10 atom stereocenters. The summed E-state index contributed by atoms with van der Waals surface area (Å²) in [6, 6.07) is 1.33. The summed E-state index contributed by atoms with van der Waals surface area (Å²) in [5.74, 6) is -2.98. The number of aliphatic hydroxyl groups is 2. The molecular formula is C60H94Cl2N10O15. The summed E-state index contributed by atoms with van der Waals surface area (Å²) in [6.07, 6.45) is 4.19. The SMILES string of the molecule is CC(C)(C)OC(=O)N[C@H](C(=O)N1C[C@H](Oc2ccc(Cl)cn2)C[C@H]1C(=O)O)C(C)(C)C.CCC[C@H](N)C(O)C(=O)NC1CC1.CCC[C@H](NC(=O)[C@@H]1C[C@@H](Oc2ccc(Cl)cn2)CN1C(=O)[C@@H](NC(=O)OC(C)(C)C)C(C)(C)C)C(O)C(=O)NC1CC1. The van der Waals surface area contributed by atoms with Crippen LogP contribution in [0.15, 0.2) is 36.7 Å². The van der Waals surface area contributed by atoms with Gasteiger partial charge in [0.2, 0.25) is 29.5 Å². The van der Waals surface area contributed by atoms with Gasteiger partial charge in [-0.15, -0.1) is 0 Å². The molecule has 2 aromatic rings. The van der Waals surface area contributed by atoms with Gasteiger partial charge in [-0.05, 0) is 103 Å². The molecule has 0 bridgehead atoms. The summed E-state index contributed by atoms with van der Waals surface area (Å²) < 4.78 is 22.5. The van der Waals surface area contributed by atoms with Crippen molar-refractivity contribution in [2.45, 2.75) is 245 Å². The summed E-state index contributed by atoms with van der Waals surface area (Å²) in [7, 11) is 0. The number of aliphatic carboxylic acids is 1. The van der Waals surface area contributed by atoms with Crippen molar-refractivity contribution in [3.63, 3.8) is 0 Å². The predicted molar refractivity (Wildman–Crippen MR) is 324 cm³/mol. The van der Waals surface area contributed by atoms with Crippen molar-refractivity contribution in [1.29, 1.82) is 0 Å². The number of carboxylic acids is 1. The van der Waals surface area contributed by atoms with Crippen LogP contribution < -0.4 is 41.8 Å². The van der Waals surface area contributed by atoms with Crippen molar-refractivity contribution < 1.29 is 72.6 Å². The second kappa shape index (κ2) is 31.8. The number of rotatable bonds is 21. The summed E-state index contributed by atoms with van der Waals surface area (Å²) in [4.78, 5) is 113. The molecule has 0 spiro atoms. The van der Waals surface area contributed by atoms with Gasteiger partial charge in [-0.25, -0.2) is 24.4 Å². The first-order valence-corrected chi connectivity index (χ1v) is 30.5. The average molecular weight is 1270 g/mol. The van der Waals surface area contributed by atoms with Gasteiger partial charge in [0, 0.05) is 55.5 Å². The summed E-state index contributed by atoms with van der Waals surface area (Å²) in [5.41, 5.74) is 2.67. The lowest BCUT2D eigenvalue weighted by Crippen LogP contribution is -2.59. The Labute approximate surface area is 521 Å². The smallest absolute Gasteiger partial charge is 0.408 e. The number of nitrogens with two attached hydrogens (primary N) is 1. The van der Waals surface area contributed by atoms with Crippen molar-refractivity contribution in [3.8, 4) is 11.8 Å².